The van der Waals surface area contributed by atoms with Crippen LogP contribution in [0.4, 0.5) is 4.79 Å². The van der Waals surface area contributed by atoms with Crippen molar-refractivity contribution in [3.63, 3.8) is 0 Å². The molecule has 0 bridgehead atoms. The van der Waals surface area contributed by atoms with Gasteiger partial charge in [0, 0.05) is 6.54 Å². The summed E-state index contributed by atoms with van der Waals surface area (Å²) < 4.78 is 5.00. The number of hydrogen-bond acceptors (Lipinski definition) is 3. The van der Waals surface area contributed by atoms with Gasteiger partial charge in [-0.1, -0.05) is 30.4 Å². The van der Waals surface area contributed by atoms with Gasteiger partial charge in [-0.25, -0.2) is 4.79 Å². The standard InChI is InChI=1S/C14H19ClN2O2/c1-4-5-12(8-11(2)3)10-17-14(18)19-13(9-15)6-7-16/h4-5,8,13H,2,6,9-10H2,1,3H3,(H,17,18)/b5-4-,12-8+/t13-/m0/s1. The Labute approximate surface area is 119 Å². The fourth-order valence-corrected chi connectivity index (χ4v) is 1.46. The molecule has 0 unspecified atom stereocenters. The van der Waals surface area contributed by atoms with Crippen molar-refractivity contribution in [2.75, 3.05) is 12.4 Å². The summed E-state index contributed by atoms with van der Waals surface area (Å²) >= 11 is 5.58. The lowest BCUT2D eigenvalue weighted by atomic mass is 10.1. The van der Waals surface area contributed by atoms with Gasteiger partial charge in [-0.2, -0.15) is 5.26 Å². The second kappa shape index (κ2) is 10.2. The van der Waals surface area contributed by atoms with E-state index in [-0.39, 0.29) is 12.3 Å². The van der Waals surface area contributed by atoms with Crippen LogP contribution in [0.2, 0.25) is 0 Å². The normalized spacial score (nSPS) is 12.8. The van der Waals surface area contributed by atoms with Crippen LogP contribution in [0.25, 0.3) is 0 Å². The molecule has 0 rings (SSSR count). The Morgan fingerprint density at radius 1 is 1.63 bits per heavy atom. The molecule has 0 spiro atoms. The van der Waals surface area contributed by atoms with Gasteiger partial charge in [-0.05, 0) is 19.4 Å². The number of ether oxygens (including phenoxy) is 1. The molecule has 4 nitrogen and oxygen atoms in total. The van der Waals surface area contributed by atoms with Crippen molar-refractivity contribution < 1.29 is 9.53 Å². The van der Waals surface area contributed by atoms with Crippen LogP contribution in [0.5, 0.6) is 0 Å². The van der Waals surface area contributed by atoms with Crippen LogP contribution in [0.15, 0.2) is 36.0 Å². The molecule has 0 aromatic rings. The van der Waals surface area contributed by atoms with Gasteiger partial charge in [0.2, 0.25) is 0 Å². The first-order valence-electron chi connectivity index (χ1n) is 5.89. The zero-order valence-corrected chi connectivity index (χ0v) is 12.0. The van der Waals surface area contributed by atoms with E-state index in [1.54, 1.807) is 0 Å². The number of amides is 1. The van der Waals surface area contributed by atoms with Crippen LogP contribution in [-0.2, 0) is 4.74 Å². The van der Waals surface area contributed by atoms with Crippen LogP contribution in [0.3, 0.4) is 0 Å². The minimum Gasteiger partial charge on any atom is -0.444 e. The van der Waals surface area contributed by atoms with E-state index in [4.69, 9.17) is 21.6 Å². The van der Waals surface area contributed by atoms with Crippen molar-refractivity contribution in [3.8, 4) is 6.07 Å². The monoisotopic (exact) mass is 282 g/mol. The van der Waals surface area contributed by atoms with Crippen LogP contribution in [0, 0.1) is 11.3 Å². The van der Waals surface area contributed by atoms with Gasteiger partial charge < -0.3 is 10.1 Å². The molecular formula is C14H19ClN2O2. The number of nitriles is 1. The SMILES string of the molecule is C=C(C)/C=C(\C=C/C)CNC(=O)O[C@H](CCl)CC#N. The lowest BCUT2D eigenvalue weighted by molar-refractivity contribution is 0.111. The fourth-order valence-electron chi connectivity index (χ4n) is 1.29. The number of halogens is 1. The Hall–Kier alpha value is -1.73. The summed E-state index contributed by atoms with van der Waals surface area (Å²) in [5, 5.41) is 11.1. The maximum atomic E-state index is 11.5. The van der Waals surface area contributed by atoms with Crippen molar-refractivity contribution in [1.82, 2.24) is 5.32 Å². The highest BCUT2D eigenvalue weighted by Gasteiger charge is 2.12. The van der Waals surface area contributed by atoms with Crippen molar-refractivity contribution >= 4 is 17.7 Å². The quantitative estimate of drug-likeness (QED) is 0.575. The van der Waals surface area contributed by atoms with E-state index in [9.17, 15) is 4.79 Å². The first-order chi connectivity index (χ1) is 9.03. The third kappa shape index (κ3) is 8.92. The van der Waals surface area contributed by atoms with Gasteiger partial charge in [0.1, 0.15) is 6.10 Å². The molecule has 0 aromatic heterocycles. The Morgan fingerprint density at radius 3 is 2.79 bits per heavy atom. The van der Waals surface area contributed by atoms with E-state index < -0.39 is 12.2 Å². The highest BCUT2D eigenvalue weighted by molar-refractivity contribution is 6.18. The summed E-state index contributed by atoms with van der Waals surface area (Å²) in [6.07, 6.45) is 4.54. The van der Waals surface area contributed by atoms with E-state index >= 15 is 0 Å². The summed E-state index contributed by atoms with van der Waals surface area (Å²) in [4.78, 5) is 11.5. The van der Waals surface area contributed by atoms with Gasteiger partial charge in [0.15, 0.2) is 0 Å². The molecule has 5 heteroatoms. The smallest absolute Gasteiger partial charge is 0.407 e. The molecule has 0 aliphatic rings. The molecule has 0 saturated carbocycles. The van der Waals surface area contributed by atoms with Gasteiger partial charge in [0.25, 0.3) is 0 Å². The third-order valence-corrected chi connectivity index (χ3v) is 2.36. The molecule has 0 fully saturated rings. The molecule has 19 heavy (non-hydrogen) atoms. The maximum Gasteiger partial charge on any atom is 0.407 e. The van der Waals surface area contributed by atoms with Crippen LogP contribution in [0.1, 0.15) is 20.3 Å². The number of nitrogens with zero attached hydrogens (tertiary/aromatic N) is 1. The molecule has 0 aromatic carbocycles. The van der Waals surface area contributed by atoms with Crippen molar-refractivity contribution in [1.29, 1.82) is 5.26 Å². The molecule has 0 aliphatic heterocycles. The topological polar surface area (TPSA) is 62.1 Å². The molecule has 1 atom stereocenters. The summed E-state index contributed by atoms with van der Waals surface area (Å²) in [5.41, 5.74) is 1.81. The van der Waals surface area contributed by atoms with Crippen molar-refractivity contribution in [3.05, 3.63) is 36.0 Å². The molecular weight excluding hydrogens is 264 g/mol. The third-order valence-electron chi connectivity index (χ3n) is 2.01. The van der Waals surface area contributed by atoms with E-state index in [2.05, 4.69) is 11.9 Å². The van der Waals surface area contributed by atoms with E-state index in [0.717, 1.165) is 11.1 Å². The van der Waals surface area contributed by atoms with Gasteiger partial charge in [-0.15, -0.1) is 11.6 Å². The summed E-state index contributed by atoms with van der Waals surface area (Å²) in [7, 11) is 0. The number of alkyl halides is 1. The largest absolute Gasteiger partial charge is 0.444 e. The summed E-state index contributed by atoms with van der Waals surface area (Å²) in [5.74, 6) is 0.101. The highest BCUT2D eigenvalue weighted by Crippen LogP contribution is 2.03. The first kappa shape index (κ1) is 17.3. The van der Waals surface area contributed by atoms with Crippen LogP contribution < -0.4 is 5.32 Å². The average Bonchev–Trinajstić information content (AvgIpc) is 2.35. The maximum absolute atomic E-state index is 11.5. The Balaban J connectivity index is 4.34. The zero-order chi connectivity index (χ0) is 14.7. The minimum absolute atomic E-state index is 0.0836. The van der Waals surface area contributed by atoms with Crippen molar-refractivity contribution in [2.24, 2.45) is 0 Å². The fraction of sp³-hybridized carbons (Fsp3) is 0.429. The lowest BCUT2D eigenvalue weighted by Crippen LogP contribution is -2.30. The summed E-state index contributed by atoms with van der Waals surface area (Å²) in [6, 6.07) is 1.91. The number of alkyl carbamates (subject to hydrolysis) is 1. The number of allylic oxidation sites excluding steroid dienone is 3. The molecule has 1 amide bonds. The van der Waals surface area contributed by atoms with E-state index in [0.29, 0.717) is 6.54 Å². The summed E-state index contributed by atoms with van der Waals surface area (Å²) in [6.45, 7) is 7.88. The number of nitrogens with one attached hydrogen (secondary N) is 1. The molecule has 1 N–H and O–H groups in total. The second-order valence-corrected chi connectivity index (χ2v) is 4.27. The van der Waals surface area contributed by atoms with Gasteiger partial charge >= 0.3 is 6.09 Å². The number of carbonyl (C=O) groups excluding carboxylic acids is 1. The van der Waals surface area contributed by atoms with Crippen molar-refractivity contribution in [2.45, 2.75) is 26.4 Å². The lowest BCUT2D eigenvalue weighted by Gasteiger charge is -2.13. The minimum atomic E-state index is -0.585. The van der Waals surface area contributed by atoms with Crippen LogP contribution in [-0.4, -0.2) is 24.6 Å². The van der Waals surface area contributed by atoms with E-state index in [1.165, 1.54) is 0 Å². The molecule has 0 saturated heterocycles. The second-order valence-electron chi connectivity index (χ2n) is 3.96. The molecule has 0 radical (unpaired) electrons. The number of hydrogen-bond donors (Lipinski definition) is 1. The molecule has 0 aliphatic carbocycles. The number of rotatable bonds is 7. The predicted octanol–water partition coefficient (Wildman–Crippen LogP) is 3.31. The van der Waals surface area contributed by atoms with Gasteiger partial charge in [0.05, 0.1) is 18.4 Å². The zero-order valence-electron chi connectivity index (χ0n) is 11.3. The highest BCUT2D eigenvalue weighted by atomic mass is 35.5. The van der Waals surface area contributed by atoms with E-state index in [1.807, 2.05) is 38.1 Å². The number of carbonyl (C=O) groups is 1. The van der Waals surface area contributed by atoms with Crippen LogP contribution >= 0.6 is 11.6 Å². The Bertz CT molecular complexity index is 408. The van der Waals surface area contributed by atoms with Gasteiger partial charge in [-0.3, -0.25) is 0 Å². The Kier molecular flexibility index (Phi) is 9.29. The first-order valence-corrected chi connectivity index (χ1v) is 6.43. The molecule has 0 heterocycles. The Morgan fingerprint density at radius 2 is 2.32 bits per heavy atom. The predicted molar refractivity (Wildman–Crippen MR) is 76.9 cm³/mol. The average molecular weight is 283 g/mol. The molecule has 104 valence electrons.